The van der Waals surface area contributed by atoms with Gasteiger partial charge in [-0.25, -0.2) is 13.2 Å². The molecular formula is C15H28N2O4S. The average molecular weight is 332 g/mol. The molecule has 7 heteroatoms. The van der Waals surface area contributed by atoms with E-state index in [1.54, 1.807) is 4.90 Å². The predicted molar refractivity (Wildman–Crippen MR) is 85.6 cm³/mol. The summed E-state index contributed by atoms with van der Waals surface area (Å²) in [7, 11) is -2.96. The van der Waals surface area contributed by atoms with Crippen molar-refractivity contribution in [3.05, 3.63) is 0 Å². The van der Waals surface area contributed by atoms with E-state index in [1.165, 1.54) is 0 Å². The summed E-state index contributed by atoms with van der Waals surface area (Å²) < 4.78 is 28.7. The molecule has 0 aromatic rings. The smallest absolute Gasteiger partial charge is 0.317 e. The van der Waals surface area contributed by atoms with Gasteiger partial charge in [0.15, 0.2) is 9.84 Å². The fraction of sp³-hybridized carbons (Fsp3) is 0.933. The summed E-state index contributed by atoms with van der Waals surface area (Å²) in [5.74, 6) is 0.138. The second-order valence-electron chi connectivity index (χ2n) is 6.26. The van der Waals surface area contributed by atoms with E-state index in [2.05, 4.69) is 19.2 Å². The second kappa shape index (κ2) is 6.74. The molecule has 6 nitrogen and oxygen atoms in total. The Hall–Kier alpha value is -0.820. The molecule has 1 aliphatic carbocycles. The summed E-state index contributed by atoms with van der Waals surface area (Å²) in [6.45, 7) is 7.55. The Kier molecular flexibility index (Phi) is 5.37. The molecule has 1 aliphatic heterocycles. The maximum absolute atomic E-state index is 12.4. The third kappa shape index (κ3) is 3.25. The highest BCUT2D eigenvalue weighted by Crippen LogP contribution is 2.48. The molecule has 0 bridgehead atoms. The van der Waals surface area contributed by atoms with Gasteiger partial charge in [0.05, 0.1) is 17.6 Å². The van der Waals surface area contributed by atoms with E-state index < -0.39 is 9.84 Å². The first kappa shape index (κ1) is 17.5. The molecule has 1 heterocycles. The lowest BCUT2D eigenvalue weighted by Gasteiger charge is -2.55. The van der Waals surface area contributed by atoms with Crippen LogP contribution in [-0.4, -0.2) is 62.7 Å². The van der Waals surface area contributed by atoms with Crippen LogP contribution < -0.4 is 5.32 Å². The average Bonchev–Trinajstić information content (AvgIpc) is 2.47. The Morgan fingerprint density at radius 1 is 1.23 bits per heavy atom. The first-order chi connectivity index (χ1) is 10.4. The van der Waals surface area contributed by atoms with E-state index in [-0.39, 0.29) is 35.1 Å². The van der Waals surface area contributed by atoms with Crippen molar-refractivity contribution in [1.82, 2.24) is 10.2 Å². The number of rotatable bonds is 5. The minimum Gasteiger partial charge on any atom is -0.378 e. The first-order valence-electron chi connectivity index (χ1n) is 8.26. The zero-order valence-corrected chi connectivity index (χ0v) is 14.6. The van der Waals surface area contributed by atoms with Gasteiger partial charge >= 0.3 is 6.03 Å². The molecule has 2 fully saturated rings. The number of hydrogen-bond acceptors (Lipinski definition) is 4. The standard InChI is InChI=1S/C15H28N2O4S/c1-4-15(5-2)12(11-13(15)21-6-3)16-14(18)17-7-9-22(19,20)10-8-17/h12-13H,4-11H2,1-3H3,(H,16,18)/t12-,13-/m0/s1. The molecule has 0 unspecified atom stereocenters. The summed E-state index contributed by atoms with van der Waals surface area (Å²) in [5, 5.41) is 3.11. The maximum Gasteiger partial charge on any atom is 0.317 e. The zero-order chi connectivity index (χ0) is 16.4. The number of carbonyl (C=O) groups excluding carboxylic acids is 1. The van der Waals surface area contributed by atoms with Crippen LogP contribution in [-0.2, 0) is 14.6 Å². The van der Waals surface area contributed by atoms with Gasteiger partial charge < -0.3 is 15.0 Å². The van der Waals surface area contributed by atoms with E-state index in [4.69, 9.17) is 4.74 Å². The van der Waals surface area contributed by atoms with Crippen LogP contribution in [0.2, 0.25) is 0 Å². The van der Waals surface area contributed by atoms with Crippen molar-refractivity contribution < 1.29 is 17.9 Å². The number of carbonyl (C=O) groups is 1. The Balaban J connectivity index is 1.94. The van der Waals surface area contributed by atoms with Crippen molar-refractivity contribution in [2.24, 2.45) is 5.41 Å². The minimum absolute atomic E-state index is 0.00747. The third-order valence-electron chi connectivity index (χ3n) is 5.40. The van der Waals surface area contributed by atoms with Crippen LogP contribution in [0.3, 0.4) is 0 Å². The number of nitrogens with one attached hydrogen (secondary N) is 1. The number of urea groups is 1. The fourth-order valence-corrected chi connectivity index (χ4v) is 4.94. The summed E-state index contributed by atoms with van der Waals surface area (Å²) in [5.41, 5.74) is 0.00747. The van der Waals surface area contributed by atoms with Crippen molar-refractivity contribution >= 4 is 15.9 Å². The van der Waals surface area contributed by atoms with E-state index in [9.17, 15) is 13.2 Å². The molecule has 2 aliphatic rings. The maximum atomic E-state index is 12.4. The van der Waals surface area contributed by atoms with E-state index >= 15 is 0 Å². The Morgan fingerprint density at radius 3 is 2.32 bits per heavy atom. The van der Waals surface area contributed by atoms with Gasteiger partial charge in [-0.15, -0.1) is 0 Å². The van der Waals surface area contributed by atoms with Crippen molar-refractivity contribution in [1.29, 1.82) is 0 Å². The normalized spacial score (nSPS) is 29.7. The van der Waals surface area contributed by atoms with Gasteiger partial charge in [-0.3, -0.25) is 0 Å². The number of hydrogen-bond donors (Lipinski definition) is 1. The van der Waals surface area contributed by atoms with E-state index in [1.807, 2.05) is 6.92 Å². The summed E-state index contributed by atoms with van der Waals surface area (Å²) >= 11 is 0. The summed E-state index contributed by atoms with van der Waals surface area (Å²) in [6.07, 6.45) is 2.98. The lowest BCUT2D eigenvalue weighted by Crippen LogP contribution is -2.66. The molecule has 22 heavy (non-hydrogen) atoms. The number of ether oxygens (including phenoxy) is 1. The van der Waals surface area contributed by atoms with Gasteiger partial charge in [-0.2, -0.15) is 0 Å². The molecule has 1 N–H and O–H groups in total. The van der Waals surface area contributed by atoms with Crippen LogP contribution in [0.25, 0.3) is 0 Å². The largest absolute Gasteiger partial charge is 0.378 e. The van der Waals surface area contributed by atoms with Crippen LogP contribution >= 0.6 is 0 Å². The molecule has 0 aromatic heterocycles. The monoisotopic (exact) mass is 332 g/mol. The van der Waals surface area contributed by atoms with Crippen molar-refractivity contribution in [2.75, 3.05) is 31.2 Å². The minimum atomic E-state index is -2.96. The van der Waals surface area contributed by atoms with Crippen LogP contribution in [0, 0.1) is 5.41 Å². The molecule has 2 atom stereocenters. The lowest BCUT2D eigenvalue weighted by molar-refractivity contribution is -0.134. The van der Waals surface area contributed by atoms with Crippen LogP contribution in [0.15, 0.2) is 0 Å². The zero-order valence-electron chi connectivity index (χ0n) is 13.8. The van der Waals surface area contributed by atoms with Crippen molar-refractivity contribution in [3.63, 3.8) is 0 Å². The predicted octanol–water partition coefficient (Wildman–Crippen LogP) is 1.41. The van der Waals surface area contributed by atoms with Crippen molar-refractivity contribution in [3.8, 4) is 0 Å². The SMILES string of the molecule is CCO[C@H]1C[C@H](NC(=O)N2CCS(=O)(=O)CC2)C1(CC)CC. The molecule has 2 rings (SSSR count). The van der Waals surface area contributed by atoms with E-state index in [0.717, 1.165) is 19.3 Å². The molecule has 128 valence electrons. The molecule has 1 saturated heterocycles. The van der Waals surface area contributed by atoms with Crippen molar-refractivity contribution in [2.45, 2.75) is 52.2 Å². The first-order valence-corrected chi connectivity index (χ1v) is 10.1. The van der Waals surface area contributed by atoms with Crippen LogP contribution in [0.1, 0.15) is 40.0 Å². The fourth-order valence-electron chi connectivity index (χ4n) is 3.74. The number of nitrogens with zero attached hydrogens (tertiary/aromatic N) is 1. The Labute approximate surface area is 133 Å². The highest BCUT2D eigenvalue weighted by Gasteiger charge is 2.54. The van der Waals surface area contributed by atoms with Gasteiger partial charge in [-0.05, 0) is 26.2 Å². The van der Waals surface area contributed by atoms with Gasteiger partial charge in [0.2, 0.25) is 0 Å². The second-order valence-corrected chi connectivity index (χ2v) is 8.56. The van der Waals surface area contributed by atoms with Crippen LogP contribution in [0.4, 0.5) is 4.79 Å². The highest BCUT2D eigenvalue weighted by atomic mass is 32.2. The highest BCUT2D eigenvalue weighted by molar-refractivity contribution is 7.91. The molecule has 0 spiro atoms. The number of sulfone groups is 1. The molecule has 0 aromatic carbocycles. The quantitative estimate of drug-likeness (QED) is 0.826. The van der Waals surface area contributed by atoms with Gasteiger partial charge in [0, 0.05) is 31.2 Å². The van der Waals surface area contributed by atoms with Crippen LogP contribution in [0.5, 0.6) is 0 Å². The molecule has 0 radical (unpaired) electrons. The topological polar surface area (TPSA) is 75.7 Å². The summed E-state index contributed by atoms with van der Waals surface area (Å²) in [6, 6.07) is -0.0220. The van der Waals surface area contributed by atoms with Gasteiger partial charge in [0.1, 0.15) is 0 Å². The molecule has 1 saturated carbocycles. The molecule has 2 amide bonds. The number of amides is 2. The van der Waals surface area contributed by atoms with E-state index in [0.29, 0.717) is 19.7 Å². The lowest BCUT2D eigenvalue weighted by atomic mass is 9.58. The third-order valence-corrected chi connectivity index (χ3v) is 7.01. The Bertz CT molecular complexity index is 488. The van der Waals surface area contributed by atoms with Gasteiger partial charge in [0.25, 0.3) is 0 Å². The van der Waals surface area contributed by atoms with Gasteiger partial charge in [-0.1, -0.05) is 13.8 Å². The summed E-state index contributed by atoms with van der Waals surface area (Å²) in [4.78, 5) is 14.0. The molecular weight excluding hydrogens is 304 g/mol. The Morgan fingerprint density at radius 2 is 1.82 bits per heavy atom.